The molecular formula is C15H25N3O2. The van der Waals surface area contributed by atoms with E-state index >= 15 is 0 Å². The zero-order chi connectivity index (χ0) is 14.8. The summed E-state index contributed by atoms with van der Waals surface area (Å²) in [7, 11) is 3.44. The number of methoxy groups -OCH3 is 1. The Bertz CT molecular complexity index is 433. The second-order valence-corrected chi connectivity index (χ2v) is 4.38. The van der Waals surface area contributed by atoms with Crippen molar-refractivity contribution < 1.29 is 9.47 Å². The van der Waals surface area contributed by atoms with Crippen LogP contribution in [0.2, 0.25) is 0 Å². The number of hydrogen-bond donors (Lipinski definition) is 2. The third-order valence-electron chi connectivity index (χ3n) is 2.82. The Morgan fingerprint density at radius 2 is 2.10 bits per heavy atom. The minimum absolute atomic E-state index is 0.656. The number of ether oxygens (including phenoxy) is 2. The highest BCUT2D eigenvalue weighted by atomic mass is 16.5. The molecule has 0 saturated carbocycles. The number of hydrogen-bond acceptors (Lipinski definition) is 3. The molecule has 5 nitrogen and oxygen atoms in total. The van der Waals surface area contributed by atoms with Crippen molar-refractivity contribution in [1.29, 1.82) is 0 Å². The van der Waals surface area contributed by atoms with Gasteiger partial charge in [0.05, 0.1) is 13.2 Å². The van der Waals surface area contributed by atoms with Gasteiger partial charge in [0.25, 0.3) is 0 Å². The minimum Gasteiger partial charge on any atom is -0.494 e. The highest BCUT2D eigenvalue weighted by Crippen LogP contribution is 2.18. The van der Waals surface area contributed by atoms with Crippen molar-refractivity contribution >= 4 is 5.96 Å². The fraction of sp³-hybridized carbons (Fsp3) is 0.533. The molecule has 0 unspecified atom stereocenters. The summed E-state index contributed by atoms with van der Waals surface area (Å²) in [5.41, 5.74) is 2.34. The van der Waals surface area contributed by atoms with Gasteiger partial charge in [-0.1, -0.05) is 12.1 Å². The predicted molar refractivity (Wildman–Crippen MR) is 82.4 cm³/mol. The van der Waals surface area contributed by atoms with Gasteiger partial charge in [-0.15, -0.1) is 0 Å². The molecule has 112 valence electrons. The van der Waals surface area contributed by atoms with Gasteiger partial charge in [-0.05, 0) is 31.0 Å². The number of rotatable bonds is 7. The summed E-state index contributed by atoms with van der Waals surface area (Å²) in [6, 6.07) is 6.20. The van der Waals surface area contributed by atoms with E-state index in [0.29, 0.717) is 13.2 Å². The van der Waals surface area contributed by atoms with Gasteiger partial charge in [-0.25, -0.2) is 0 Å². The lowest BCUT2D eigenvalue weighted by molar-refractivity contribution is 0.203. The minimum atomic E-state index is 0.656. The van der Waals surface area contributed by atoms with E-state index in [0.717, 1.165) is 30.4 Å². The lowest BCUT2D eigenvalue weighted by Gasteiger charge is -2.13. The van der Waals surface area contributed by atoms with E-state index in [1.807, 2.05) is 13.0 Å². The van der Waals surface area contributed by atoms with Crippen LogP contribution in [0.5, 0.6) is 5.75 Å². The maximum Gasteiger partial charge on any atom is 0.191 e. The second-order valence-electron chi connectivity index (χ2n) is 4.38. The molecule has 20 heavy (non-hydrogen) atoms. The van der Waals surface area contributed by atoms with E-state index in [1.54, 1.807) is 14.2 Å². The number of nitrogens with zero attached hydrogens (tertiary/aromatic N) is 1. The van der Waals surface area contributed by atoms with Gasteiger partial charge >= 0.3 is 0 Å². The maximum atomic E-state index is 5.53. The van der Waals surface area contributed by atoms with Crippen molar-refractivity contribution in [3.05, 3.63) is 29.3 Å². The van der Waals surface area contributed by atoms with E-state index in [4.69, 9.17) is 9.47 Å². The lowest BCUT2D eigenvalue weighted by atomic mass is 10.1. The molecule has 1 aromatic rings. The molecule has 0 amide bonds. The standard InChI is InChI=1S/C15H25N3O2/c1-5-20-14-7-6-13(10-12(14)2)11-18-15(16-3)17-8-9-19-4/h6-7,10H,5,8-9,11H2,1-4H3,(H2,16,17,18). The van der Waals surface area contributed by atoms with Crippen molar-refractivity contribution in [1.82, 2.24) is 10.6 Å². The molecule has 0 radical (unpaired) electrons. The second kappa shape index (κ2) is 9.20. The van der Waals surface area contributed by atoms with Crippen LogP contribution in [0.3, 0.4) is 0 Å². The van der Waals surface area contributed by atoms with Gasteiger partial charge in [0.1, 0.15) is 5.75 Å². The van der Waals surface area contributed by atoms with Crippen LogP contribution in [-0.2, 0) is 11.3 Å². The van der Waals surface area contributed by atoms with E-state index in [9.17, 15) is 0 Å². The molecule has 0 bridgehead atoms. The monoisotopic (exact) mass is 279 g/mol. The maximum absolute atomic E-state index is 5.53. The first-order chi connectivity index (χ1) is 9.71. The molecule has 1 aromatic carbocycles. The van der Waals surface area contributed by atoms with E-state index in [1.165, 1.54) is 5.56 Å². The Hall–Kier alpha value is -1.75. The Morgan fingerprint density at radius 1 is 1.30 bits per heavy atom. The molecule has 0 aliphatic heterocycles. The zero-order valence-electron chi connectivity index (χ0n) is 12.8. The summed E-state index contributed by atoms with van der Waals surface area (Å²) in [6.45, 7) is 6.85. The summed E-state index contributed by atoms with van der Waals surface area (Å²) in [5, 5.41) is 6.44. The van der Waals surface area contributed by atoms with Crippen LogP contribution in [0.1, 0.15) is 18.1 Å². The molecule has 0 aromatic heterocycles. The van der Waals surface area contributed by atoms with Crippen LogP contribution >= 0.6 is 0 Å². The van der Waals surface area contributed by atoms with Crippen molar-refractivity contribution in [2.24, 2.45) is 4.99 Å². The molecule has 0 heterocycles. The Kier molecular flexibility index (Phi) is 7.50. The summed E-state index contributed by atoms with van der Waals surface area (Å²) < 4.78 is 10.5. The predicted octanol–water partition coefficient (Wildman–Crippen LogP) is 1.71. The quantitative estimate of drug-likeness (QED) is 0.453. The molecule has 2 N–H and O–H groups in total. The third kappa shape index (κ3) is 5.48. The first kappa shape index (κ1) is 16.3. The van der Waals surface area contributed by atoms with Gasteiger partial charge < -0.3 is 20.1 Å². The summed E-state index contributed by atoms with van der Waals surface area (Å²) in [6.07, 6.45) is 0. The normalized spacial score (nSPS) is 11.3. The van der Waals surface area contributed by atoms with Crippen molar-refractivity contribution in [2.75, 3.05) is 33.9 Å². The Labute approximate surface area is 121 Å². The fourth-order valence-electron chi connectivity index (χ4n) is 1.82. The van der Waals surface area contributed by atoms with Crippen molar-refractivity contribution in [3.8, 4) is 5.75 Å². The lowest BCUT2D eigenvalue weighted by Crippen LogP contribution is -2.38. The number of aryl methyl sites for hydroxylation is 1. The van der Waals surface area contributed by atoms with Gasteiger partial charge in [-0.3, -0.25) is 4.99 Å². The summed E-state index contributed by atoms with van der Waals surface area (Å²) >= 11 is 0. The van der Waals surface area contributed by atoms with E-state index in [-0.39, 0.29) is 0 Å². The first-order valence-corrected chi connectivity index (χ1v) is 6.87. The molecule has 0 saturated heterocycles. The van der Waals surface area contributed by atoms with Crippen LogP contribution in [0.4, 0.5) is 0 Å². The number of benzene rings is 1. The van der Waals surface area contributed by atoms with Gasteiger partial charge in [-0.2, -0.15) is 0 Å². The molecular weight excluding hydrogens is 254 g/mol. The van der Waals surface area contributed by atoms with Crippen LogP contribution < -0.4 is 15.4 Å². The van der Waals surface area contributed by atoms with Crippen LogP contribution in [0.25, 0.3) is 0 Å². The molecule has 0 aliphatic rings. The zero-order valence-corrected chi connectivity index (χ0v) is 12.8. The molecule has 5 heteroatoms. The molecule has 0 atom stereocenters. The van der Waals surface area contributed by atoms with Crippen LogP contribution in [-0.4, -0.2) is 39.9 Å². The number of aliphatic imine (C=N–C) groups is 1. The van der Waals surface area contributed by atoms with Gasteiger partial charge in [0.2, 0.25) is 0 Å². The van der Waals surface area contributed by atoms with E-state index in [2.05, 4.69) is 34.7 Å². The molecule has 0 spiro atoms. The largest absolute Gasteiger partial charge is 0.494 e. The summed E-state index contributed by atoms with van der Waals surface area (Å²) in [5.74, 6) is 1.72. The summed E-state index contributed by atoms with van der Waals surface area (Å²) in [4.78, 5) is 4.16. The smallest absolute Gasteiger partial charge is 0.191 e. The Morgan fingerprint density at radius 3 is 2.70 bits per heavy atom. The highest BCUT2D eigenvalue weighted by Gasteiger charge is 2.02. The molecule has 0 aliphatic carbocycles. The van der Waals surface area contributed by atoms with Crippen LogP contribution in [0.15, 0.2) is 23.2 Å². The number of nitrogens with one attached hydrogen (secondary N) is 2. The van der Waals surface area contributed by atoms with Gasteiger partial charge in [0.15, 0.2) is 5.96 Å². The topological polar surface area (TPSA) is 54.9 Å². The average molecular weight is 279 g/mol. The van der Waals surface area contributed by atoms with E-state index < -0.39 is 0 Å². The SMILES string of the molecule is CCOc1ccc(CNC(=NC)NCCOC)cc1C. The van der Waals surface area contributed by atoms with Crippen LogP contribution in [0, 0.1) is 6.92 Å². The van der Waals surface area contributed by atoms with Crippen molar-refractivity contribution in [3.63, 3.8) is 0 Å². The third-order valence-corrected chi connectivity index (χ3v) is 2.82. The fourth-order valence-corrected chi connectivity index (χ4v) is 1.82. The van der Waals surface area contributed by atoms with Crippen molar-refractivity contribution in [2.45, 2.75) is 20.4 Å². The molecule has 0 fully saturated rings. The average Bonchev–Trinajstić information content (AvgIpc) is 2.45. The Balaban J connectivity index is 2.50. The van der Waals surface area contributed by atoms with Gasteiger partial charge in [0, 0.05) is 27.2 Å². The molecule has 1 rings (SSSR count). The highest BCUT2D eigenvalue weighted by molar-refractivity contribution is 5.79. The number of guanidine groups is 1. The first-order valence-electron chi connectivity index (χ1n) is 6.87.